The minimum Gasteiger partial charge on any atom is -0.493 e. The normalized spacial score (nSPS) is 21.9. The van der Waals surface area contributed by atoms with Gasteiger partial charge in [-0.05, 0) is 25.0 Å². The molecule has 98 valence electrons. The Morgan fingerprint density at radius 3 is 2.61 bits per heavy atom. The van der Waals surface area contributed by atoms with E-state index in [4.69, 9.17) is 9.47 Å². The molecule has 1 aliphatic rings. The first kappa shape index (κ1) is 12.7. The van der Waals surface area contributed by atoms with Gasteiger partial charge in [-0.3, -0.25) is 4.79 Å². The van der Waals surface area contributed by atoms with E-state index >= 15 is 0 Å². The van der Waals surface area contributed by atoms with Crippen molar-refractivity contribution in [2.24, 2.45) is 5.92 Å². The summed E-state index contributed by atoms with van der Waals surface area (Å²) in [4.78, 5) is 11.2. The summed E-state index contributed by atoms with van der Waals surface area (Å²) >= 11 is 0. The highest BCUT2D eigenvalue weighted by Gasteiger charge is 2.37. The van der Waals surface area contributed by atoms with E-state index in [1.54, 1.807) is 0 Å². The van der Waals surface area contributed by atoms with Crippen molar-refractivity contribution in [1.82, 2.24) is 0 Å². The Labute approximate surface area is 105 Å². The highest BCUT2D eigenvalue weighted by Crippen LogP contribution is 2.36. The molecule has 5 heteroatoms. The van der Waals surface area contributed by atoms with E-state index in [0.29, 0.717) is 24.3 Å². The van der Waals surface area contributed by atoms with Crippen molar-refractivity contribution < 1.29 is 23.4 Å². The van der Waals surface area contributed by atoms with Gasteiger partial charge in [0.05, 0.1) is 20.1 Å². The summed E-state index contributed by atoms with van der Waals surface area (Å²) in [6.07, 6.45) is 1.19. The van der Waals surface area contributed by atoms with E-state index in [1.807, 2.05) is 0 Å². The van der Waals surface area contributed by atoms with Gasteiger partial charge in [0.25, 0.3) is 0 Å². The van der Waals surface area contributed by atoms with Crippen molar-refractivity contribution in [3.05, 3.63) is 24.0 Å². The van der Waals surface area contributed by atoms with Gasteiger partial charge < -0.3 is 14.2 Å². The number of benzene rings is 1. The minimum atomic E-state index is -0.375. The zero-order chi connectivity index (χ0) is 13.1. The van der Waals surface area contributed by atoms with E-state index < -0.39 is 0 Å². The lowest BCUT2D eigenvalue weighted by molar-refractivity contribution is -0.151. The van der Waals surface area contributed by atoms with Crippen molar-refractivity contribution >= 4 is 5.97 Å². The first-order valence-electron chi connectivity index (χ1n) is 5.72. The molecule has 0 saturated heterocycles. The molecule has 18 heavy (non-hydrogen) atoms. The monoisotopic (exact) mass is 254 g/mol. The van der Waals surface area contributed by atoms with Crippen molar-refractivity contribution in [3.8, 4) is 11.5 Å². The fraction of sp³-hybridized carbons (Fsp3) is 0.462. The molecular weight excluding hydrogens is 239 g/mol. The lowest BCUT2D eigenvalue weighted by Gasteiger charge is -2.33. The van der Waals surface area contributed by atoms with Crippen LogP contribution in [0.25, 0.3) is 0 Å². The van der Waals surface area contributed by atoms with Crippen LogP contribution in [-0.2, 0) is 9.53 Å². The van der Waals surface area contributed by atoms with Crippen molar-refractivity contribution in [1.29, 1.82) is 0 Å². The van der Waals surface area contributed by atoms with Crippen LogP contribution in [0.5, 0.6) is 11.5 Å². The maximum absolute atomic E-state index is 13.0. The molecule has 0 amide bonds. The number of hydrogen-bond acceptors (Lipinski definition) is 4. The number of hydrogen-bond donors (Lipinski definition) is 0. The Balaban J connectivity index is 1.94. The summed E-state index contributed by atoms with van der Waals surface area (Å²) in [5.41, 5.74) is 0. The van der Waals surface area contributed by atoms with Gasteiger partial charge in [0.2, 0.25) is 0 Å². The maximum Gasteiger partial charge on any atom is 0.308 e. The number of halogens is 1. The molecule has 0 aromatic heterocycles. The van der Waals surface area contributed by atoms with Gasteiger partial charge in [0, 0.05) is 6.07 Å². The van der Waals surface area contributed by atoms with Gasteiger partial charge >= 0.3 is 5.97 Å². The third-order valence-electron chi connectivity index (χ3n) is 3.05. The Morgan fingerprint density at radius 2 is 2.00 bits per heavy atom. The van der Waals surface area contributed by atoms with Crippen molar-refractivity contribution in [2.75, 3.05) is 14.2 Å². The maximum atomic E-state index is 13.0. The lowest BCUT2D eigenvalue weighted by Crippen LogP contribution is -2.38. The Kier molecular flexibility index (Phi) is 3.69. The van der Waals surface area contributed by atoms with E-state index in [9.17, 15) is 9.18 Å². The van der Waals surface area contributed by atoms with E-state index in [-0.39, 0.29) is 23.8 Å². The fourth-order valence-electron chi connectivity index (χ4n) is 1.94. The van der Waals surface area contributed by atoms with Crippen LogP contribution >= 0.6 is 0 Å². The smallest absolute Gasteiger partial charge is 0.308 e. The Morgan fingerprint density at radius 1 is 1.28 bits per heavy atom. The summed E-state index contributed by atoms with van der Waals surface area (Å²) in [5.74, 6) is 0.177. The van der Waals surface area contributed by atoms with E-state index in [0.717, 1.165) is 0 Å². The third-order valence-corrected chi connectivity index (χ3v) is 3.05. The van der Waals surface area contributed by atoms with Crippen LogP contribution in [0.3, 0.4) is 0 Å². The molecule has 1 fully saturated rings. The average molecular weight is 254 g/mol. The van der Waals surface area contributed by atoms with Gasteiger partial charge in [-0.1, -0.05) is 0 Å². The molecule has 2 rings (SSSR count). The summed E-state index contributed by atoms with van der Waals surface area (Å²) < 4.78 is 28.3. The molecule has 0 heterocycles. The highest BCUT2D eigenvalue weighted by molar-refractivity contribution is 5.73. The van der Waals surface area contributed by atoms with Gasteiger partial charge in [-0.15, -0.1) is 0 Å². The van der Waals surface area contributed by atoms with E-state index in [2.05, 4.69) is 4.74 Å². The molecule has 1 saturated carbocycles. The molecule has 1 aromatic carbocycles. The summed E-state index contributed by atoms with van der Waals surface area (Å²) in [6.45, 7) is 0. The zero-order valence-corrected chi connectivity index (χ0v) is 10.3. The van der Waals surface area contributed by atoms with E-state index in [1.165, 1.54) is 32.4 Å². The predicted octanol–water partition coefficient (Wildman–Crippen LogP) is 2.16. The fourth-order valence-corrected chi connectivity index (χ4v) is 1.94. The second-order valence-electron chi connectivity index (χ2n) is 4.23. The van der Waals surface area contributed by atoms with Crippen LogP contribution < -0.4 is 9.47 Å². The standard InChI is InChI=1S/C13H15FO4/c1-16-12-7-9(14)3-4-11(12)18-10-5-8(6-10)13(15)17-2/h3-4,7-8,10H,5-6H2,1-2H3. The summed E-state index contributed by atoms with van der Waals surface area (Å²) in [7, 11) is 2.83. The van der Waals surface area contributed by atoms with Gasteiger partial charge in [-0.2, -0.15) is 0 Å². The number of esters is 1. The van der Waals surface area contributed by atoms with Crippen LogP contribution in [0.1, 0.15) is 12.8 Å². The Hall–Kier alpha value is -1.78. The molecule has 0 radical (unpaired) electrons. The summed E-state index contributed by atoms with van der Waals surface area (Å²) in [6, 6.07) is 4.11. The topological polar surface area (TPSA) is 44.8 Å². The van der Waals surface area contributed by atoms with Crippen LogP contribution in [0.15, 0.2) is 18.2 Å². The molecule has 0 spiro atoms. The number of ether oxygens (including phenoxy) is 3. The first-order chi connectivity index (χ1) is 8.63. The molecule has 0 bridgehead atoms. The molecule has 0 atom stereocenters. The second-order valence-corrected chi connectivity index (χ2v) is 4.23. The molecule has 0 N–H and O–H groups in total. The predicted molar refractivity (Wildman–Crippen MR) is 62.1 cm³/mol. The van der Waals surface area contributed by atoms with Crippen LogP contribution in [0.2, 0.25) is 0 Å². The third kappa shape index (κ3) is 2.55. The molecule has 1 aliphatic carbocycles. The SMILES string of the molecule is COC(=O)C1CC(Oc2ccc(F)cc2OC)C1. The number of methoxy groups -OCH3 is 2. The first-order valence-corrected chi connectivity index (χ1v) is 5.72. The summed E-state index contributed by atoms with van der Waals surface area (Å²) in [5, 5.41) is 0. The van der Waals surface area contributed by atoms with Gasteiger partial charge in [0.15, 0.2) is 11.5 Å². The van der Waals surface area contributed by atoms with Gasteiger partial charge in [0.1, 0.15) is 11.9 Å². The minimum absolute atomic E-state index is 0.0477. The number of rotatable bonds is 4. The molecule has 0 aliphatic heterocycles. The number of carbonyl (C=O) groups excluding carboxylic acids is 1. The van der Waals surface area contributed by atoms with Crippen LogP contribution in [0.4, 0.5) is 4.39 Å². The largest absolute Gasteiger partial charge is 0.493 e. The van der Waals surface area contributed by atoms with Crippen molar-refractivity contribution in [2.45, 2.75) is 18.9 Å². The van der Waals surface area contributed by atoms with Crippen LogP contribution in [0, 0.1) is 11.7 Å². The zero-order valence-electron chi connectivity index (χ0n) is 10.3. The molecule has 0 unspecified atom stereocenters. The average Bonchev–Trinajstić information content (AvgIpc) is 2.33. The molecular formula is C13H15FO4. The quantitative estimate of drug-likeness (QED) is 0.772. The van der Waals surface area contributed by atoms with Crippen molar-refractivity contribution in [3.63, 3.8) is 0 Å². The highest BCUT2D eigenvalue weighted by atomic mass is 19.1. The lowest BCUT2D eigenvalue weighted by atomic mass is 9.82. The molecule has 1 aromatic rings. The van der Waals surface area contributed by atoms with Gasteiger partial charge in [-0.25, -0.2) is 4.39 Å². The Bertz CT molecular complexity index is 441. The number of carbonyl (C=O) groups is 1. The second kappa shape index (κ2) is 5.25. The van der Waals surface area contributed by atoms with Crippen LogP contribution in [-0.4, -0.2) is 26.3 Å². The molecule has 4 nitrogen and oxygen atoms in total.